The van der Waals surface area contributed by atoms with Gasteiger partial charge in [0.05, 0.1) is 12.5 Å². The van der Waals surface area contributed by atoms with Crippen LogP contribution in [0.1, 0.15) is 25.7 Å². The van der Waals surface area contributed by atoms with Crippen LogP contribution in [0.15, 0.2) is 0 Å². The molecule has 2 aliphatic rings. The highest BCUT2D eigenvalue weighted by molar-refractivity contribution is 5.79. The Kier molecular flexibility index (Phi) is 4.94. The molecule has 0 spiro atoms. The number of carboxylic acids is 1. The van der Waals surface area contributed by atoms with E-state index in [0.29, 0.717) is 38.9 Å². The highest BCUT2D eigenvalue weighted by atomic mass is 16.4. The molecule has 7 nitrogen and oxygen atoms in total. The van der Waals surface area contributed by atoms with Crippen molar-refractivity contribution in [1.82, 2.24) is 15.5 Å². The highest BCUT2D eigenvalue weighted by Gasteiger charge is 2.27. The number of hydrogen-bond donors (Lipinski definition) is 3. The van der Waals surface area contributed by atoms with E-state index in [4.69, 9.17) is 5.11 Å². The van der Waals surface area contributed by atoms with Crippen LogP contribution in [0.3, 0.4) is 0 Å². The maximum absolute atomic E-state index is 12.0. The third kappa shape index (κ3) is 3.93. The number of carbonyl (C=O) groups is 3. The summed E-state index contributed by atoms with van der Waals surface area (Å²) in [7, 11) is 0. The van der Waals surface area contributed by atoms with Crippen LogP contribution in [0.4, 0.5) is 0 Å². The summed E-state index contributed by atoms with van der Waals surface area (Å²) in [4.78, 5) is 35.6. The first-order valence-corrected chi connectivity index (χ1v) is 7.07. The van der Waals surface area contributed by atoms with Gasteiger partial charge in [-0.2, -0.15) is 0 Å². The second-order valence-corrected chi connectivity index (χ2v) is 5.41. The minimum atomic E-state index is -0.770. The first-order chi connectivity index (χ1) is 9.56. The number of likely N-dealkylation sites (tertiary alicyclic amines) is 1. The average Bonchev–Trinajstić information content (AvgIpc) is 2.46. The van der Waals surface area contributed by atoms with Gasteiger partial charge in [0.15, 0.2) is 0 Å². The van der Waals surface area contributed by atoms with E-state index in [1.165, 1.54) is 0 Å². The zero-order valence-corrected chi connectivity index (χ0v) is 11.4. The third-order valence-corrected chi connectivity index (χ3v) is 4.00. The van der Waals surface area contributed by atoms with Crippen LogP contribution >= 0.6 is 0 Å². The molecule has 0 saturated carbocycles. The number of amides is 2. The summed E-state index contributed by atoms with van der Waals surface area (Å²) in [5.41, 5.74) is 0. The lowest BCUT2D eigenvalue weighted by Crippen LogP contribution is -2.50. The summed E-state index contributed by atoms with van der Waals surface area (Å²) < 4.78 is 0. The Morgan fingerprint density at radius 1 is 1.30 bits per heavy atom. The van der Waals surface area contributed by atoms with E-state index in [2.05, 4.69) is 10.6 Å². The zero-order chi connectivity index (χ0) is 14.5. The molecule has 112 valence electrons. The van der Waals surface area contributed by atoms with Crippen LogP contribution in [-0.4, -0.2) is 60.0 Å². The fraction of sp³-hybridized carbons (Fsp3) is 0.769. The number of carbonyl (C=O) groups excluding carboxylic acids is 2. The Morgan fingerprint density at radius 3 is 2.55 bits per heavy atom. The molecule has 3 N–H and O–H groups in total. The molecule has 2 rings (SSSR count). The lowest BCUT2D eigenvalue weighted by atomic mass is 9.97. The Balaban J connectivity index is 1.68. The number of piperidine rings is 2. The Labute approximate surface area is 117 Å². The zero-order valence-electron chi connectivity index (χ0n) is 11.4. The van der Waals surface area contributed by atoms with Gasteiger partial charge in [-0.25, -0.2) is 0 Å². The average molecular weight is 283 g/mol. The molecule has 20 heavy (non-hydrogen) atoms. The normalized spacial score (nSPS) is 24.3. The van der Waals surface area contributed by atoms with Crippen molar-refractivity contribution in [1.29, 1.82) is 0 Å². The van der Waals surface area contributed by atoms with E-state index < -0.39 is 5.97 Å². The van der Waals surface area contributed by atoms with Crippen molar-refractivity contribution < 1.29 is 19.5 Å². The SMILES string of the molecule is O=C1CCC(NCC(=O)N2CCC(C(=O)O)CC2)CN1. The van der Waals surface area contributed by atoms with Crippen molar-refractivity contribution in [2.24, 2.45) is 5.92 Å². The fourth-order valence-corrected chi connectivity index (χ4v) is 2.63. The molecule has 2 saturated heterocycles. The first kappa shape index (κ1) is 14.8. The number of carboxylic acid groups (broad SMARTS) is 1. The lowest BCUT2D eigenvalue weighted by Gasteiger charge is -2.31. The van der Waals surface area contributed by atoms with Gasteiger partial charge in [-0.3, -0.25) is 14.4 Å². The summed E-state index contributed by atoms with van der Waals surface area (Å²) in [6.45, 7) is 1.84. The minimum Gasteiger partial charge on any atom is -0.481 e. The minimum absolute atomic E-state index is 0.00531. The highest BCUT2D eigenvalue weighted by Crippen LogP contribution is 2.17. The molecule has 0 aromatic carbocycles. The largest absolute Gasteiger partial charge is 0.481 e. The molecule has 0 bridgehead atoms. The molecular weight excluding hydrogens is 262 g/mol. The van der Waals surface area contributed by atoms with Gasteiger partial charge < -0.3 is 20.6 Å². The van der Waals surface area contributed by atoms with Crippen LogP contribution < -0.4 is 10.6 Å². The van der Waals surface area contributed by atoms with Crippen molar-refractivity contribution in [3.8, 4) is 0 Å². The number of nitrogens with zero attached hydrogens (tertiary/aromatic N) is 1. The van der Waals surface area contributed by atoms with Crippen molar-refractivity contribution >= 4 is 17.8 Å². The van der Waals surface area contributed by atoms with E-state index >= 15 is 0 Å². The molecule has 2 fully saturated rings. The number of hydrogen-bond acceptors (Lipinski definition) is 4. The van der Waals surface area contributed by atoms with Gasteiger partial charge in [0.2, 0.25) is 11.8 Å². The maximum Gasteiger partial charge on any atom is 0.306 e. The maximum atomic E-state index is 12.0. The number of nitrogens with one attached hydrogen (secondary N) is 2. The molecule has 7 heteroatoms. The Hall–Kier alpha value is -1.63. The molecule has 0 aromatic rings. The molecule has 2 heterocycles. The van der Waals surface area contributed by atoms with Crippen LogP contribution in [0.25, 0.3) is 0 Å². The monoisotopic (exact) mass is 283 g/mol. The second-order valence-electron chi connectivity index (χ2n) is 5.41. The Morgan fingerprint density at radius 2 is 2.00 bits per heavy atom. The van der Waals surface area contributed by atoms with E-state index in [9.17, 15) is 14.4 Å². The standard InChI is InChI=1S/C13H21N3O4/c17-11-2-1-10(7-15-11)14-8-12(18)16-5-3-9(4-6-16)13(19)20/h9-10,14H,1-8H2,(H,15,17)(H,19,20). The van der Waals surface area contributed by atoms with Gasteiger partial charge >= 0.3 is 5.97 Å². The molecule has 1 unspecified atom stereocenters. The topological polar surface area (TPSA) is 98.7 Å². The van der Waals surface area contributed by atoms with Gasteiger partial charge in [0, 0.05) is 32.1 Å². The van der Waals surface area contributed by atoms with E-state index in [1.807, 2.05) is 0 Å². The van der Waals surface area contributed by atoms with Crippen LogP contribution in [0.2, 0.25) is 0 Å². The van der Waals surface area contributed by atoms with E-state index in [0.717, 1.165) is 6.42 Å². The summed E-state index contributed by atoms with van der Waals surface area (Å²) in [5.74, 6) is -1.02. The molecular formula is C13H21N3O4. The van der Waals surface area contributed by atoms with Crippen molar-refractivity contribution in [2.75, 3.05) is 26.2 Å². The quantitative estimate of drug-likeness (QED) is 0.626. The van der Waals surface area contributed by atoms with Crippen molar-refractivity contribution in [3.05, 3.63) is 0 Å². The lowest BCUT2D eigenvalue weighted by molar-refractivity contribution is -0.145. The molecule has 0 radical (unpaired) electrons. The fourth-order valence-electron chi connectivity index (χ4n) is 2.63. The summed E-state index contributed by atoms with van der Waals surface area (Å²) in [6, 6.07) is 0.146. The van der Waals surface area contributed by atoms with Crippen molar-refractivity contribution in [2.45, 2.75) is 31.7 Å². The summed E-state index contributed by atoms with van der Waals surface area (Å²) in [5, 5.41) is 14.8. The molecule has 1 atom stereocenters. The number of aliphatic carboxylic acids is 1. The van der Waals surface area contributed by atoms with E-state index in [-0.39, 0.29) is 30.3 Å². The second kappa shape index (κ2) is 6.69. The first-order valence-electron chi connectivity index (χ1n) is 7.07. The van der Waals surface area contributed by atoms with Gasteiger partial charge in [0.25, 0.3) is 0 Å². The molecule has 2 amide bonds. The summed E-state index contributed by atoms with van der Waals surface area (Å²) in [6.07, 6.45) is 2.30. The van der Waals surface area contributed by atoms with Gasteiger partial charge in [-0.15, -0.1) is 0 Å². The molecule has 0 aromatic heterocycles. The molecule has 0 aliphatic carbocycles. The van der Waals surface area contributed by atoms with Crippen LogP contribution in [0.5, 0.6) is 0 Å². The predicted octanol–water partition coefficient (Wildman–Crippen LogP) is -0.822. The molecule has 2 aliphatic heterocycles. The number of rotatable bonds is 4. The van der Waals surface area contributed by atoms with Crippen LogP contribution in [0, 0.1) is 5.92 Å². The smallest absolute Gasteiger partial charge is 0.306 e. The van der Waals surface area contributed by atoms with Gasteiger partial charge in [-0.05, 0) is 19.3 Å². The Bertz CT molecular complexity index is 381. The third-order valence-electron chi connectivity index (χ3n) is 4.00. The van der Waals surface area contributed by atoms with E-state index in [1.54, 1.807) is 4.90 Å². The van der Waals surface area contributed by atoms with Crippen LogP contribution in [-0.2, 0) is 14.4 Å². The predicted molar refractivity (Wildman–Crippen MR) is 71.0 cm³/mol. The van der Waals surface area contributed by atoms with Crippen molar-refractivity contribution in [3.63, 3.8) is 0 Å². The van der Waals surface area contributed by atoms with Gasteiger partial charge in [-0.1, -0.05) is 0 Å². The van der Waals surface area contributed by atoms with Gasteiger partial charge in [0.1, 0.15) is 0 Å². The summed E-state index contributed by atoms with van der Waals surface area (Å²) >= 11 is 0.